The van der Waals surface area contributed by atoms with Crippen LogP contribution >= 0.6 is 0 Å². The summed E-state index contributed by atoms with van der Waals surface area (Å²) in [7, 11) is 1.68. The fourth-order valence-corrected chi connectivity index (χ4v) is 2.78. The van der Waals surface area contributed by atoms with E-state index in [1.165, 1.54) is 12.1 Å². The van der Waals surface area contributed by atoms with Gasteiger partial charge in [-0.15, -0.1) is 0 Å². The number of piperidine rings is 1. The Kier molecular flexibility index (Phi) is 3.46. The molecule has 17 heavy (non-hydrogen) atoms. The highest BCUT2D eigenvalue weighted by Gasteiger charge is 2.22. The summed E-state index contributed by atoms with van der Waals surface area (Å²) in [4.78, 5) is 2.41. The van der Waals surface area contributed by atoms with Crippen LogP contribution in [0.3, 0.4) is 0 Å². The Bertz CT molecular complexity index is 382. The largest absolute Gasteiger partial charge is 0.497 e. The topological polar surface area (TPSA) is 38.5 Å². The standard InChI is InChI=1S/C14H22N2O/c1-10-4-11(2)9-16(8-10)13-5-12(15)6-14(7-13)17-3/h5-7,10-11H,4,8-9,15H2,1-3H3. The smallest absolute Gasteiger partial charge is 0.122 e. The summed E-state index contributed by atoms with van der Waals surface area (Å²) in [6.45, 7) is 6.84. The van der Waals surface area contributed by atoms with Gasteiger partial charge >= 0.3 is 0 Å². The summed E-state index contributed by atoms with van der Waals surface area (Å²) in [6.07, 6.45) is 1.32. The number of anilines is 2. The molecule has 0 aromatic heterocycles. The van der Waals surface area contributed by atoms with Crippen LogP contribution in [0.15, 0.2) is 18.2 Å². The second-order valence-corrected chi connectivity index (χ2v) is 5.32. The number of nitrogen functional groups attached to an aromatic ring is 1. The lowest BCUT2D eigenvalue weighted by molar-refractivity contribution is 0.356. The molecule has 1 aromatic rings. The molecule has 0 bridgehead atoms. The predicted molar refractivity (Wildman–Crippen MR) is 72.6 cm³/mol. The van der Waals surface area contributed by atoms with Crippen LogP contribution in [0.1, 0.15) is 20.3 Å². The molecule has 94 valence electrons. The maximum Gasteiger partial charge on any atom is 0.122 e. The van der Waals surface area contributed by atoms with Crippen molar-refractivity contribution in [1.29, 1.82) is 0 Å². The highest BCUT2D eigenvalue weighted by molar-refractivity contribution is 5.60. The second kappa shape index (κ2) is 4.86. The van der Waals surface area contributed by atoms with Gasteiger partial charge in [-0.1, -0.05) is 13.8 Å². The molecule has 3 heteroatoms. The van der Waals surface area contributed by atoms with E-state index in [4.69, 9.17) is 10.5 Å². The zero-order valence-electron chi connectivity index (χ0n) is 10.9. The van der Waals surface area contributed by atoms with Crippen molar-refractivity contribution in [3.8, 4) is 5.75 Å². The lowest BCUT2D eigenvalue weighted by atomic mass is 9.91. The first-order chi connectivity index (χ1) is 8.08. The summed E-state index contributed by atoms with van der Waals surface area (Å²) in [5.41, 5.74) is 7.85. The van der Waals surface area contributed by atoms with Gasteiger partial charge in [0.25, 0.3) is 0 Å². The van der Waals surface area contributed by atoms with E-state index in [-0.39, 0.29) is 0 Å². The Balaban J connectivity index is 2.23. The third-order valence-electron chi connectivity index (χ3n) is 3.38. The van der Waals surface area contributed by atoms with Crippen molar-refractivity contribution in [2.75, 3.05) is 30.8 Å². The van der Waals surface area contributed by atoms with Gasteiger partial charge in [0.05, 0.1) is 7.11 Å². The fraction of sp³-hybridized carbons (Fsp3) is 0.571. The number of nitrogens with two attached hydrogens (primary N) is 1. The van der Waals surface area contributed by atoms with Gasteiger partial charge in [-0.25, -0.2) is 0 Å². The summed E-state index contributed by atoms with van der Waals surface area (Å²) in [5.74, 6) is 2.32. The quantitative estimate of drug-likeness (QED) is 0.800. The van der Waals surface area contributed by atoms with E-state index < -0.39 is 0 Å². The van der Waals surface area contributed by atoms with E-state index in [2.05, 4.69) is 24.8 Å². The first kappa shape index (κ1) is 12.1. The van der Waals surface area contributed by atoms with Gasteiger partial charge in [0.1, 0.15) is 5.75 Å². The molecule has 3 nitrogen and oxygen atoms in total. The summed E-state index contributed by atoms with van der Waals surface area (Å²) >= 11 is 0. The van der Waals surface area contributed by atoms with E-state index in [1.807, 2.05) is 12.1 Å². The normalized spacial score (nSPS) is 24.8. The number of hydrogen-bond donors (Lipinski definition) is 1. The van der Waals surface area contributed by atoms with Crippen LogP contribution in [0.5, 0.6) is 5.75 Å². The average Bonchev–Trinajstić information content (AvgIpc) is 2.26. The minimum atomic E-state index is 0.742. The number of nitrogens with zero attached hydrogens (tertiary/aromatic N) is 1. The van der Waals surface area contributed by atoms with Crippen LogP contribution in [0.25, 0.3) is 0 Å². The van der Waals surface area contributed by atoms with Crippen LogP contribution in [0.4, 0.5) is 11.4 Å². The lowest BCUT2D eigenvalue weighted by Gasteiger charge is -2.36. The molecule has 1 heterocycles. The van der Waals surface area contributed by atoms with E-state index in [0.29, 0.717) is 0 Å². The summed E-state index contributed by atoms with van der Waals surface area (Å²) < 4.78 is 5.27. The first-order valence-electron chi connectivity index (χ1n) is 6.28. The Morgan fingerprint density at radius 2 is 1.82 bits per heavy atom. The van der Waals surface area contributed by atoms with Crippen LogP contribution in [-0.2, 0) is 0 Å². The van der Waals surface area contributed by atoms with Crippen LogP contribution < -0.4 is 15.4 Å². The molecule has 1 saturated heterocycles. The molecule has 2 rings (SSSR count). The Labute approximate surface area is 104 Å². The number of methoxy groups -OCH3 is 1. The fourth-order valence-electron chi connectivity index (χ4n) is 2.78. The van der Waals surface area contributed by atoms with Crippen molar-refractivity contribution in [3.05, 3.63) is 18.2 Å². The summed E-state index contributed by atoms with van der Waals surface area (Å²) in [5, 5.41) is 0. The maximum absolute atomic E-state index is 5.90. The van der Waals surface area contributed by atoms with Gasteiger partial charge < -0.3 is 15.4 Å². The van der Waals surface area contributed by atoms with Crippen molar-refractivity contribution in [3.63, 3.8) is 0 Å². The lowest BCUT2D eigenvalue weighted by Crippen LogP contribution is -2.38. The number of hydrogen-bond acceptors (Lipinski definition) is 3. The van der Waals surface area contributed by atoms with Crippen LogP contribution in [0, 0.1) is 11.8 Å². The number of benzene rings is 1. The predicted octanol–water partition coefficient (Wildman–Crippen LogP) is 2.76. The molecule has 0 aliphatic carbocycles. The van der Waals surface area contributed by atoms with E-state index >= 15 is 0 Å². The molecular weight excluding hydrogens is 212 g/mol. The van der Waals surface area contributed by atoms with E-state index in [0.717, 1.165) is 36.4 Å². The van der Waals surface area contributed by atoms with Crippen molar-refractivity contribution in [1.82, 2.24) is 0 Å². The Morgan fingerprint density at radius 1 is 1.18 bits per heavy atom. The maximum atomic E-state index is 5.90. The Hall–Kier alpha value is -1.38. The average molecular weight is 234 g/mol. The highest BCUT2D eigenvalue weighted by atomic mass is 16.5. The molecule has 1 aliphatic rings. The van der Waals surface area contributed by atoms with Crippen molar-refractivity contribution in [2.24, 2.45) is 11.8 Å². The number of ether oxygens (including phenoxy) is 1. The van der Waals surface area contributed by atoms with Gasteiger partial charge in [-0.2, -0.15) is 0 Å². The van der Waals surface area contributed by atoms with Crippen molar-refractivity contribution >= 4 is 11.4 Å². The van der Waals surface area contributed by atoms with Crippen molar-refractivity contribution < 1.29 is 4.74 Å². The molecule has 2 unspecified atom stereocenters. The third-order valence-corrected chi connectivity index (χ3v) is 3.38. The molecule has 0 spiro atoms. The van der Waals surface area contributed by atoms with Gasteiger partial charge in [0.15, 0.2) is 0 Å². The van der Waals surface area contributed by atoms with Gasteiger partial charge in [-0.05, 0) is 24.3 Å². The first-order valence-corrected chi connectivity index (χ1v) is 6.28. The van der Waals surface area contributed by atoms with Crippen LogP contribution in [-0.4, -0.2) is 20.2 Å². The molecule has 2 atom stereocenters. The van der Waals surface area contributed by atoms with E-state index in [1.54, 1.807) is 7.11 Å². The van der Waals surface area contributed by atoms with Crippen LogP contribution in [0.2, 0.25) is 0 Å². The van der Waals surface area contributed by atoms with Gasteiger partial charge in [0, 0.05) is 36.6 Å². The zero-order chi connectivity index (χ0) is 12.4. The second-order valence-electron chi connectivity index (χ2n) is 5.32. The molecule has 1 fully saturated rings. The highest BCUT2D eigenvalue weighted by Crippen LogP contribution is 2.30. The van der Waals surface area contributed by atoms with Gasteiger partial charge in [0.2, 0.25) is 0 Å². The minimum absolute atomic E-state index is 0.742. The molecular formula is C14H22N2O. The molecule has 1 aromatic carbocycles. The minimum Gasteiger partial charge on any atom is -0.497 e. The van der Waals surface area contributed by atoms with E-state index in [9.17, 15) is 0 Å². The monoisotopic (exact) mass is 234 g/mol. The van der Waals surface area contributed by atoms with Crippen molar-refractivity contribution in [2.45, 2.75) is 20.3 Å². The Morgan fingerprint density at radius 3 is 2.41 bits per heavy atom. The molecule has 2 N–H and O–H groups in total. The molecule has 1 aliphatic heterocycles. The van der Waals surface area contributed by atoms with Gasteiger partial charge in [-0.3, -0.25) is 0 Å². The molecule has 0 radical (unpaired) electrons. The summed E-state index contributed by atoms with van der Waals surface area (Å²) in [6, 6.07) is 5.97. The number of rotatable bonds is 2. The SMILES string of the molecule is COc1cc(N)cc(N2CC(C)CC(C)C2)c1. The third kappa shape index (κ3) is 2.84. The molecule has 0 saturated carbocycles. The molecule has 0 amide bonds. The zero-order valence-corrected chi connectivity index (χ0v) is 10.9.